The summed E-state index contributed by atoms with van der Waals surface area (Å²) < 4.78 is 0. The molecular formula is C27H32ClN. The third kappa shape index (κ3) is 4.37. The van der Waals surface area contributed by atoms with Crippen molar-refractivity contribution in [2.24, 2.45) is 5.92 Å². The van der Waals surface area contributed by atoms with Crippen molar-refractivity contribution in [3.8, 4) is 0 Å². The second-order valence-electron chi connectivity index (χ2n) is 8.79. The Morgan fingerprint density at radius 3 is 1.86 bits per heavy atom. The normalized spacial score (nSPS) is 19.9. The topological polar surface area (TPSA) is 3.24 Å². The van der Waals surface area contributed by atoms with Gasteiger partial charge in [-0.2, -0.15) is 0 Å². The predicted octanol–water partition coefficient (Wildman–Crippen LogP) is 7.07. The van der Waals surface area contributed by atoms with Crippen LogP contribution >= 0.6 is 12.4 Å². The van der Waals surface area contributed by atoms with E-state index in [-0.39, 0.29) is 12.4 Å². The van der Waals surface area contributed by atoms with Gasteiger partial charge in [-0.25, -0.2) is 0 Å². The minimum Gasteiger partial charge on any atom is -0.302 e. The number of halogens is 1. The summed E-state index contributed by atoms with van der Waals surface area (Å²) in [5.41, 5.74) is 8.70. The monoisotopic (exact) mass is 405 g/mol. The molecule has 2 heteroatoms. The number of hydrogen-bond donors (Lipinski definition) is 0. The second-order valence-corrected chi connectivity index (χ2v) is 8.79. The standard InChI is InChI=1S/C27H31N.ClH/c1-2-8-21(9-3-1)20-28-18-16-24(17-19-28)27-25-12-6-4-10-22(25)14-15-23-11-5-7-13-26(23)27;/h4-7,10-15,21H,1-3,8-9,16-20H2;1H. The molecule has 152 valence electrons. The fourth-order valence-electron chi connectivity index (χ4n) is 5.44. The van der Waals surface area contributed by atoms with Crippen molar-refractivity contribution < 1.29 is 0 Å². The number of piperidine rings is 1. The Kier molecular flexibility index (Phi) is 6.57. The molecule has 0 N–H and O–H groups in total. The molecule has 0 spiro atoms. The lowest BCUT2D eigenvalue weighted by Crippen LogP contribution is -2.35. The molecule has 0 radical (unpaired) electrons. The second kappa shape index (κ2) is 9.32. The lowest BCUT2D eigenvalue weighted by Gasteiger charge is -2.34. The molecule has 1 heterocycles. The van der Waals surface area contributed by atoms with Crippen LogP contribution in [-0.2, 0) is 0 Å². The third-order valence-corrected chi connectivity index (χ3v) is 6.96. The summed E-state index contributed by atoms with van der Waals surface area (Å²) in [5.74, 6) is 0.950. The van der Waals surface area contributed by atoms with Gasteiger partial charge in [-0.1, -0.05) is 85.5 Å². The smallest absolute Gasteiger partial charge is 0.00192 e. The molecule has 2 fully saturated rings. The van der Waals surface area contributed by atoms with Crippen molar-refractivity contribution in [2.45, 2.75) is 44.9 Å². The van der Waals surface area contributed by atoms with Crippen molar-refractivity contribution in [1.29, 1.82) is 0 Å². The average Bonchev–Trinajstić information content (AvgIpc) is 2.92. The zero-order valence-corrected chi connectivity index (χ0v) is 18.1. The summed E-state index contributed by atoms with van der Waals surface area (Å²) in [4.78, 5) is 2.74. The van der Waals surface area contributed by atoms with Crippen molar-refractivity contribution in [3.63, 3.8) is 0 Å². The molecule has 0 amide bonds. The zero-order valence-electron chi connectivity index (χ0n) is 17.3. The Hall–Kier alpha value is -1.83. The van der Waals surface area contributed by atoms with E-state index in [4.69, 9.17) is 0 Å². The van der Waals surface area contributed by atoms with Gasteiger partial charge in [-0.3, -0.25) is 0 Å². The highest BCUT2D eigenvalue weighted by Gasteiger charge is 2.24. The molecule has 0 unspecified atom stereocenters. The Labute approximate surface area is 181 Å². The molecule has 1 nitrogen and oxygen atoms in total. The molecule has 2 aromatic carbocycles. The van der Waals surface area contributed by atoms with Gasteiger partial charge in [0.2, 0.25) is 0 Å². The molecule has 1 aliphatic heterocycles. The maximum atomic E-state index is 2.74. The summed E-state index contributed by atoms with van der Waals surface area (Å²) >= 11 is 0. The maximum Gasteiger partial charge on any atom is 0.00192 e. The molecule has 0 bridgehead atoms. The van der Waals surface area contributed by atoms with Gasteiger partial charge in [0.05, 0.1) is 0 Å². The van der Waals surface area contributed by atoms with Crippen LogP contribution in [-0.4, -0.2) is 24.5 Å². The number of rotatable bonds is 2. The molecule has 0 aromatic heterocycles. The Bertz CT molecular complexity index is 843. The van der Waals surface area contributed by atoms with E-state index in [0.717, 1.165) is 5.92 Å². The van der Waals surface area contributed by atoms with Gasteiger partial charge in [0.15, 0.2) is 0 Å². The summed E-state index contributed by atoms with van der Waals surface area (Å²) in [7, 11) is 0. The Morgan fingerprint density at radius 2 is 1.28 bits per heavy atom. The van der Waals surface area contributed by atoms with Gasteiger partial charge < -0.3 is 4.90 Å². The molecular weight excluding hydrogens is 374 g/mol. The van der Waals surface area contributed by atoms with Gasteiger partial charge in [-0.15, -0.1) is 12.4 Å². The van der Waals surface area contributed by atoms with Crippen LogP contribution in [0, 0.1) is 5.92 Å². The number of hydrogen-bond acceptors (Lipinski definition) is 1. The van der Waals surface area contributed by atoms with E-state index in [9.17, 15) is 0 Å². The van der Waals surface area contributed by atoms with Crippen LogP contribution in [0.1, 0.15) is 67.2 Å². The first-order valence-corrected chi connectivity index (χ1v) is 11.2. The van der Waals surface area contributed by atoms with E-state index in [0.29, 0.717) is 0 Å². The molecule has 5 rings (SSSR count). The quantitative estimate of drug-likeness (QED) is 0.440. The number of likely N-dealkylation sites (tertiary alicyclic amines) is 1. The van der Waals surface area contributed by atoms with Crippen molar-refractivity contribution in [2.75, 3.05) is 19.6 Å². The third-order valence-electron chi connectivity index (χ3n) is 6.96. The van der Waals surface area contributed by atoms with Crippen molar-refractivity contribution in [1.82, 2.24) is 4.90 Å². The minimum atomic E-state index is 0. The van der Waals surface area contributed by atoms with E-state index in [2.05, 4.69) is 65.6 Å². The van der Waals surface area contributed by atoms with Crippen LogP contribution in [0.25, 0.3) is 17.7 Å². The molecule has 29 heavy (non-hydrogen) atoms. The van der Waals surface area contributed by atoms with E-state index in [1.165, 1.54) is 92.4 Å². The Balaban J connectivity index is 0.00000205. The zero-order chi connectivity index (χ0) is 18.8. The average molecular weight is 406 g/mol. The maximum absolute atomic E-state index is 2.74. The van der Waals surface area contributed by atoms with Crippen molar-refractivity contribution >= 4 is 30.1 Å². The van der Waals surface area contributed by atoms with Crippen molar-refractivity contribution in [3.05, 3.63) is 76.4 Å². The molecule has 0 atom stereocenters. The summed E-state index contributed by atoms with van der Waals surface area (Å²) in [6, 6.07) is 17.9. The van der Waals surface area contributed by atoms with Gasteiger partial charge in [0, 0.05) is 19.6 Å². The van der Waals surface area contributed by atoms with E-state index in [1.54, 1.807) is 5.57 Å². The van der Waals surface area contributed by atoms with Crippen LogP contribution in [0.5, 0.6) is 0 Å². The summed E-state index contributed by atoms with van der Waals surface area (Å²) in [6.45, 7) is 3.79. The lowest BCUT2D eigenvalue weighted by molar-refractivity contribution is 0.190. The fourth-order valence-corrected chi connectivity index (χ4v) is 5.44. The molecule has 2 aromatic rings. The molecule has 2 aliphatic carbocycles. The highest BCUT2D eigenvalue weighted by molar-refractivity contribution is 5.94. The highest BCUT2D eigenvalue weighted by Crippen LogP contribution is 2.39. The first kappa shape index (κ1) is 20.4. The largest absolute Gasteiger partial charge is 0.302 e. The fraction of sp³-hybridized carbons (Fsp3) is 0.407. The van der Waals surface area contributed by atoms with Crippen LogP contribution < -0.4 is 0 Å². The predicted molar refractivity (Wildman–Crippen MR) is 127 cm³/mol. The highest BCUT2D eigenvalue weighted by atomic mass is 35.5. The first-order chi connectivity index (χ1) is 13.9. The van der Waals surface area contributed by atoms with Gasteiger partial charge in [0.1, 0.15) is 0 Å². The van der Waals surface area contributed by atoms with Gasteiger partial charge >= 0.3 is 0 Å². The number of fused-ring (bicyclic) bond motifs is 2. The van der Waals surface area contributed by atoms with E-state index >= 15 is 0 Å². The summed E-state index contributed by atoms with van der Waals surface area (Å²) in [5, 5.41) is 0. The first-order valence-electron chi connectivity index (χ1n) is 11.2. The van der Waals surface area contributed by atoms with E-state index < -0.39 is 0 Å². The molecule has 1 saturated carbocycles. The minimum absolute atomic E-state index is 0. The van der Waals surface area contributed by atoms with E-state index in [1.807, 2.05) is 0 Å². The molecule has 1 saturated heterocycles. The number of nitrogens with zero attached hydrogens (tertiary/aromatic N) is 1. The van der Waals surface area contributed by atoms with Crippen LogP contribution in [0.2, 0.25) is 0 Å². The number of benzene rings is 2. The van der Waals surface area contributed by atoms with Crippen LogP contribution in [0.15, 0.2) is 54.1 Å². The Morgan fingerprint density at radius 1 is 0.724 bits per heavy atom. The van der Waals surface area contributed by atoms with Crippen LogP contribution in [0.3, 0.4) is 0 Å². The summed E-state index contributed by atoms with van der Waals surface area (Å²) in [6.07, 6.45) is 14.3. The van der Waals surface area contributed by atoms with Gasteiger partial charge in [0.25, 0.3) is 0 Å². The van der Waals surface area contributed by atoms with Crippen LogP contribution in [0.4, 0.5) is 0 Å². The van der Waals surface area contributed by atoms with Gasteiger partial charge in [-0.05, 0) is 59.4 Å². The SMILES string of the molecule is C1=Cc2ccccc2C(=C2CCN(CC3CCCCC3)CC2)c2ccccc21.Cl. The lowest BCUT2D eigenvalue weighted by atomic mass is 9.85. The molecule has 3 aliphatic rings.